The fourth-order valence-electron chi connectivity index (χ4n) is 3.03. The van der Waals surface area contributed by atoms with Crippen molar-refractivity contribution in [1.29, 1.82) is 0 Å². The predicted molar refractivity (Wildman–Crippen MR) is 99.1 cm³/mol. The van der Waals surface area contributed by atoms with Crippen LogP contribution in [0.15, 0.2) is 24.3 Å². The number of likely N-dealkylation sites (N-methyl/N-ethyl adjacent to an activating group) is 2. The molecule has 1 aromatic rings. The summed E-state index contributed by atoms with van der Waals surface area (Å²) in [6.45, 7) is 9.03. The Hall–Kier alpha value is -1.63. The van der Waals surface area contributed by atoms with Gasteiger partial charge in [-0.05, 0) is 38.1 Å². The van der Waals surface area contributed by atoms with Crippen molar-refractivity contribution in [3.63, 3.8) is 0 Å². The lowest BCUT2D eigenvalue weighted by molar-refractivity contribution is -0.903. The molecule has 25 heavy (non-hydrogen) atoms. The van der Waals surface area contributed by atoms with Gasteiger partial charge in [-0.1, -0.05) is 11.6 Å². The molecule has 0 spiro atoms. The molecule has 1 unspecified atom stereocenters. The van der Waals surface area contributed by atoms with Gasteiger partial charge in [-0.2, -0.15) is 0 Å². The number of nitrogens with zero attached hydrogens (tertiary/aromatic N) is 1. The van der Waals surface area contributed by atoms with Gasteiger partial charge in [0.2, 0.25) is 0 Å². The van der Waals surface area contributed by atoms with Crippen molar-refractivity contribution in [2.75, 3.05) is 51.6 Å². The molecule has 2 amide bonds. The van der Waals surface area contributed by atoms with Crippen molar-refractivity contribution in [3.8, 4) is 0 Å². The molecular formula is C18H29ClN4O2+2. The minimum atomic E-state index is -0.237. The molecule has 0 saturated carbocycles. The largest absolute Gasteiger partial charge is 0.332 e. The van der Waals surface area contributed by atoms with Crippen LogP contribution in [0.3, 0.4) is 0 Å². The second kappa shape index (κ2) is 9.17. The van der Waals surface area contributed by atoms with E-state index in [1.165, 1.54) is 0 Å². The molecule has 1 saturated heterocycles. The number of piperazine rings is 1. The highest BCUT2D eigenvalue weighted by Gasteiger charge is 2.31. The van der Waals surface area contributed by atoms with Crippen molar-refractivity contribution in [1.82, 2.24) is 4.90 Å². The van der Waals surface area contributed by atoms with Crippen LogP contribution in [0.5, 0.6) is 0 Å². The number of amides is 2. The lowest BCUT2D eigenvalue weighted by Gasteiger charge is -2.33. The van der Waals surface area contributed by atoms with Gasteiger partial charge in [-0.15, -0.1) is 0 Å². The van der Waals surface area contributed by atoms with Gasteiger partial charge in [0, 0.05) is 10.7 Å². The molecular weight excluding hydrogens is 340 g/mol. The molecule has 0 aromatic heterocycles. The van der Waals surface area contributed by atoms with Gasteiger partial charge in [-0.3, -0.25) is 9.59 Å². The van der Waals surface area contributed by atoms with Crippen molar-refractivity contribution in [2.24, 2.45) is 0 Å². The van der Waals surface area contributed by atoms with Crippen molar-refractivity contribution in [3.05, 3.63) is 29.3 Å². The number of hydrogen-bond donors (Lipinski definition) is 3. The summed E-state index contributed by atoms with van der Waals surface area (Å²) in [7, 11) is 1.89. The molecule has 3 N–H and O–H groups in total. The molecule has 1 aromatic carbocycles. The second-order valence-corrected chi connectivity index (χ2v) is 7.17. The van der Waals surface area contributed by atoms with E-state index >= 15 is 0 Å². The molecule has 1 fully saturated rings. The van der Waals surface area contributed by atoms with E-state index < -0.39 is 0 Å². The van der Waals surface area contributed by atoms with E-state index in [0.717, 1.165) is 37.6 Å². The normalized spacial score (nSPS) is 17.8. The molecule has 7 heteroatoms. The van der Waals surface area contributed by atoms with Crippen LogP contribution < -0.4 is 15.1 Å². The molecule has 1 aliphatic rings. The van der Waals surface area contributed by atoms with Gasteiger partial charge in [0.15, 0.2) is 12.6 Å². The Balaban J connectivity index is 1.82. The average Bonchev–Trinajstić information content (AvgIpc) is 2.62. The van der Waals surface area contributed by atoms with Crippen LogP contribution in [-0.2, 0) is 9.59 Å². The average molecular weight is 369 g/mol. The van der Waals surface area contributed by atoms with Gasteiger partial charge in [0.25, 0.3) is 11.8 Å². The van der Waals surface area contributed by atoms with Gasteiger partial charge < -0.3 is 20.0 Å². The lowest BCUT2D eigenvalue weighted by atomic mass is 10.2. The number of rotatable bonds is 6. The highest BCUT2D eigenvalue weighted by atomic mass is 35.5. The number of quaternary nitrogens is 2. The molecule has 0 radical (unpaired) electrons. The van der Waals surface area contributed by atoms with Crippen molar-refractivity contribution in [2.45, 2.75) is 19.9 Å². The maximum atomic E-state index is 12.7. The zero-order chi connectivity index (χ0) is 18.4. The quantitative estimate of drug-likeness (QED) is 0.599. The van der Waals surface area contributed by atoms with Gasteiger partial charge in [0.1, 0.15) is 0 Å². The Morgan fingerprint density at radius 3 is 2.44 bits per heavy atom. The van der Waals surface area contributed by atoms with Crippen LogP contribution in [-0.4, -0.2) is 69.1 Å². The Labute approximate surface area is 154 Å². The van der Waals surface area contributed by atoms with E-state index in [-0.39, 0.29) is 24.4 Å². The van der Waals surface area contributed by atoms with Crippen LogP contribution in [0.2, 0.25) is 5.02 Å². The fraction of sp³-hybridized carbons (Fsp3) is 0.556. The molecule has 138 valence electrons. The van der Waals surface area contributed by atoms with Crippen LogP contribution in [0.1, 0.15) is 13.8 Å². The zero-order valence-electron chi connectivity index (χ0n) is 15.3. The van der Waals surface area contributed by atoms with E-state index in [2.05, 4.69) is 12.2 Å². The fourth-order valence-corrected chi connectivity index (χ4v) is 3.15. The molecule has 2 atom stereocenters. The zero-order valence-corrected chi connectivity index (χ0v) is 16.0. The van der Waals surface area contributed by atoms with E-state index in [1.54, 1.807) is 29.2 Å². The van der Waals surface area contributed by atoms with Crippen LogP contribution in [0.4, 0.5) is 5.69 Å². The number of halogens is 1. The van der Waals surface area contributed by atoms with Crippen molar-refractivity contribution >= 4 is 29.1 Å². The highest BCUT2D eigenvalue weighted by Crippen LogP contribution is 2.12. The summed E-state index contributed by atoms with van der Waals surface area (Å²) in [5, 5.41) is 3.47. The molecule has 0 bridgehead atoms. The summed E-state index contributed by atoms with van der Waals surface area (Å²) >= 11 is 5.84. The third kappa shape index (κ3) is 5.70. The third-order valence-corrected chi connectivity index (χ3v) is 5.21. The Morgan fingerprint density at radius 2 is 1.88 bits per heavy atom. The van der Waals surface area contributed by atoms with Gasteiger partial charge in [0.05, 0.1) is 39.8 Å². The first-order chi connectivity index (χ1) is 11.9. The summed E-state index contributed by atoms with van der Waals surface area (Å²) < 4.78 is 0. The standard InChI is InChI=1S/C18H27ClN4O2/c1-4-22-9-11-23(12-10-22)18(25)14(2)21(3)13-17(24)20-16-7-5-15(19)6-8-16/h5-8,14H,4,9-13H2,1-3H3,(H,20,24)/p+2/t14-/m1/s1. The summed E-state index contributed by atoms with van der Waals surface area (Å²) in [5.41, 5.74) is 0.708. The summed E-state index contributed by atoms with van der Waals surface area (Å²) in [6, 6.07) is 6.76. The Kier molecular flexibility index (Phi) is 7.23. The topological polar surface area (TPSA) is 58.3 Å². The van der Waals surface area contributed by atoms with Crippen LogP contribution in [0, 0.1) is 0 Å². The molecule has 1 heterocycles. The van der Waals surface area contributed by atoms with Gasteiger partial charge >= 0.3 is 0 Å². The summed E-state index contributed by atoms with van der Waals surface area (Å²) in [4.78, 5) is 29.2. The number of benzene rings is 1. The van der Waals surface area contributed by atoms with Crippen LogP contribution >= 0.6 is 11.6 Å². The third-order valence-electron chi connectivity index (χ3n) is 4.96. The number of carbonyl (C=O) groups is 2. The molecule has 6 nitrogen and oxygen atoms in total. The van der Waals surface area contributed by atoms with E-state index in [0.29, 0.717) is 10.7 Å². The maximum absolute atomic E-state index is 12.7. The summed E-state index contributed by atoms with van der Waals surface area (Å²) in [6.07, 6.45) is 0. The number of nitrogens with one attached hydrogen (secondary N) is 3. The molecule has 1 aliphatic heterocycles. The first-order valence-electron chi connectivity index (χ1n) is 8.90. The van der Waals surface area contributed by atoms with E-state index in [4.69, 9.17) is 11.6 Å². The molecule has 2 rings (SSSR count). The number of anilines is 1. The van der Waals surface area contributed by atoms with Crippen molar-refractivity contribution < 1.29 is 19.4 Å². The van der Waals surface area contributed by atoms with Gasteiger partial charge in [-0.25, -0.2) is 0 Å². The first-order valence-corrected chi connectivity index (χ1v) is 9.28. The van der Waals surface area contributed by atoms with Crippen LogP contribution in [0.25, 0.3) is 0 Å². The monoisotopic (exact) mass is 368 g/mol. The maximum Gasteiger partial charge on any atom is 0.280 e. The van der Waals surface area contributed by atoms with E-state index in [9.17, 15) is 9.59 Å². The highest BCUT2D eigenvalue weighted by molar-refractivity contribution is 6.30. The predicted octanol–water partition coefficient (Wildman–Crippen LogP) is -1.07. The number of hydrogen-bond acceptors (Lipinski definition) is 2. The number of carbonyl (C=O) groups excluding carboxylic acids is 2. The first kappa shape index (κ1) is 19.7. The Morgan fingerprint density at radius 1 is 1.28 bits per heavy atom. The lowest BCUT2D eigenvalue weighted by Crippen LogP contribution is -3.16. The second-order valence-electron chi connectivity index (χ2n) is 6.73. The minimum absolute atomic E-state index is 0.111. The van der Waals surface area contributed by atoms with E-state index in [1.807, 2.05) is 18.9 Å². The minimum Gasteiger partial charge on any atom is -0.332 e. The summed E-state index contributed by atoms with van der Waals surface area (Å²) in [5.74, 6) is 0.0201. The SMILES string of the molecule is CC[NH+]1CCN(C(=O)[C@@H](C)[NH+](C)CC(=O)Nc2ccc(Cl)cc2)CC1. The smallest absolute Gasteiger partial charge is 0.280 e. The Bertz CT molecular complexity index is 585. The molecule has 0 aliphatic carbocycles.